The van der Waals surface area contributed by atoms with Crippen molar-refractivity contribution in [1.29, 1.82) is 0 Å². The number of halogens is 1. The summed E-state index contributed by atoms with van der Waals surface area (Å²) in [5, 5.41) is 4.93. The molecule has 5 rings (SSSR count). The molecule has 5 aromatic rings. The van der Waals surface area contributed by atoms with Gasteiger partial charge in [-0.05, 0) is 48.0 Å². The van der Waals surface area contributed by atoms with Crippen molar-refractivity contribution in [2.75, 3.05) is 6.61 Å². The molecule has 3 aromatic heterocycles. The van der Waals surface area contributed by atoms with Crippen LogP contribution in [0.25, 0.3) is 34.5 Å². The molecule has 0 fully saturated rings. The zero-order valence-corrected chi connectivity index (χ0v) is 19.4. The van der Waals surface area contributed by atoms with E-state index in [1.54, 1.807) is 30.4 Å². The molecule has 3 heterocycles. The minimum Gasteiger partial charge on any atom is -0.490 e. The Morgan fingerprint density at radius 3 is 2.68 bits per heavy atom. The van der Waals surface area contributed by atoms with E-state index in [0.717, 1.165) is 16.9 Å². The molecule has 0 radical (unpaired) electrons. The minimum atomic E-state index is -0.244. The lowest BCUT2D eigenvalue weighted by atomic mass is 10.2. The lowest BCUT2D eigenvalue weighted by Gasteiger charge is -2.02. The summed E-state index contributed by atoms with van der Waals surface area (Å²) in [5.74, 6) is 2.42. The van der Waals surface area contributed by atoms with Gasteiger partial charge in [0.2, 0.25) is 4.96 Å². The second-order valence-electron chi connectivity index (χ2n) is 7.26. The second kappa shape index (κ2) is 9.51. The number of aromatic nitrogens is 3. The Bertz CT molecular complexity index is 1610. The first-order valence-electron chi connectivity index (χ1n) is 10.4. The maximum atomic E-state index is 12.8. The maximum absolute atomic E-state index is 12.8. The van der Waals surface area contributed by atoms with Crippen LogP contribution in [0.1, 0.15) is 17.1 Å². The average molecular weight is 488 g/mol. The Balaban J connectivity index is 1.36. The summed E-state index contributed by atoms with van der Waals surface area (Å²) in [5.41, 5.74) is 1.52. The zero-order chi connectivity index (χ0) is 23.5. The normalized spacial score (nSPS) is 12.1. The van der Waals surface area contributed by atoms with E-state index in [-0.39, 0.29) is 5.56 Å². The highest BCUT2D eigenvalue weighted by molar-refractivity contribution is 7.15. The first-order chi connectivity index (χ1) is 16.6. The van der Waals surface area contributed by atoms with Crippen LogP contribution in [-0.2, 0) is 0 Å². The maximum Gasteiger partial charge on any atom is 0.291 e. The van der Waals surface area contributed by atoms with Gasteiger partial charge in [0.05, 0.1) is 5.02 Å². The smallest absolute Gasteiger partial charge is 0.291 e. The molecule has 0 atom stereocenters. The third-order valence-corrected chi connectivity index (χ3v) is 6.20. The summed E-state index contributed by atoms with van der Waals surface area (Å²) in [7, 11) is 0. The van der Waals surface area contributed by atoms with E-state index in [9.17, 15) is 4.79 Å². The molecule has 8 heteroatoms. The van der Waals surface area contributed by atoms with Crippen molar-refractivity contribution in [3.8, 4) is 17.1 Å². The van der Waals surface area contributed by atoms with E-state index in [1.807, 2.05) is 54.6 Å². The van der Waals surface area contributed by atoms with Crippen molar-refractivity contribution in [1.82, 2.24) is 14.6 Å². The van der Waals surface area contributed by atoms with Crippen molar-refractivity contribution >= 4 is 46.1 Å². The summed E-state index contributed by atoms with van der Waals surface area (Å²) in [6.07, 6.45) is 7.04. The van der Waals surface area contributed by atoms with Crippen LogP contribution in [0.3, 0.4) is 0 Å². The molecule has 0 aliphatic rings. The van der Waals surface area contributed by atoms with Gasteiger partial charge in [-0.2, -0.15) is 9.50 Å². The SMILES string of the molecule is C=CCOc1ccc(/C=C/c2nc3s/c(=C\c4ccc(-c5ccccc5Cl)o4)c(=O)n3n2)cc1. The van der Waals surface area contributed by atoms with Crippen molar-refractivity contribution < 1.29 is 9.15 Å². The molecule has 2 aromatic carbocycles. The van der Waals surface area contributed by atoms with Crippen LogP contribution in [0, 0.1) is 0 Å². The van der Waals surface area contributed by atoms with Crippen molar-refractivity contribution in [2.24, 2.45) is 0 Å². The molecule has 0 saturated carbocycles. The Kier molecular flexibility index (Phi) is 6.12. The molecule has 34 heavy (non-hydrogen) atoms. The Morgan fingerprint density at radius 2 is 1.91 bits per heavy atom. The number of nitrogens with zero attached hydrogens (tertiary/aromatic N) is 3. The average Bonchev–Trinajstić information content (AvgIpc) is 3.55. The topological polar surface area (TPSA) is 69.6 Å². The largest absolute Gasteiger partial charge is 0.490 e. The minimum absolute atomic E-state index is 0.244. The summed E-state index contributed by atoms with van der Waals surface area (Å²) >= 11 is 7.50. The Morgan fingerprint density at radius 1 is 1.09 bits per heavy atom. The third kappa shape index (κ3) is 4.57. The van der Waals surface area contributed by atoms with Crippen LogP contribution in [0.2, 0.25) is 5.02 Å². The molecule has 0 bridgehead atoms. The van der Waals surface area contributed by atoms with Gasteiger partial charge in [-0.15, -0.1) is 5.10 Å². The lowest BCUT2D eigenvalue weighted by Crippen LogP contribution is -2.23. The highest BCUT2D eigenvalue weighted by Crippen LogP contribution is 2.29. The first kappa shape index (κ1) is 21.9. The standard InChI is InChI=1S/C26H18ClN3O3S/c1-2-15-32-18-10-7-17(8-11-18)9-14-24-28-26-30(29-24)25(31)23(34-26)16-19-12-13-22(33-19)20-5-3-4-6-21(20)27/h2-14,16H,1,15H2/b14-9+,23-16-. The van der Waals surface area contributed by atoms with Crippen LogP contribution in [-0.4, -0.2) is 21.2 Å². The number of ether oxygens (including phenoxy) is 1. The molecule has 168 valence electrons. The highest BCUT2D eigenvalue weighted by atomic mass is 35.5. The van der Waals surface area contributed by atoms with Gasteiger partial charge in [0.25, 0.3) is 5.56 Å². The van der Waals surface area contributed by atoms with Crippen molar-refractivity contribution in [2.45, 2.75) is 0 Å². The molecule has 0 amide bonds. The second-order valence-corrected chi connectivity index (χ2v) is 8.68. The summed E-state index contributed by atoms with van der Waals surface area (Å²) in [4.78, 5) is 17.8. The zero-order valence-electron chi connectivity index (χ0n) is 17.8. The molecule has 0 spiro atoms. The highest BCUT2D eigenvalue weighted by Gasteiger charge is 2.11. The van der Waals surface area contributed by atoms with E-state index < -0.39 is 0 Å². The van der Waals surface area contributed by atoms with Gasteiger partial charge < -0.3 is 9.15 Å². The Hall–Kier alpha value is -3.94. The Labute approximate surface area is 203 Å². The number of hydrogen-bond acceptors (Lipinski definition) is 6. The van der Waals surface area contributed by atoms with E-state index in [0.29, 0.717) is 38.5 Å². The van der Waals surface area contributed by atoms with Crippen molar-refractivity contribution in [3.63, 3.8) is 0 Å². The molecular formula is C26H18ClN3O3S. The number of thiazole rings is 1. The van der Waals surface area contributed by atoms with Gasteiger partial charge in [-0.1, -0.05) is 65.9 Å². The predicted molar refractivity (Wildman–Crippen MR) is 136 cm³/mol. The summed E-state index contributed by atoms with van der Waals surface area (Å²) < 4.78 is 13.1. The molecule has 0 saturated heterocycles. The number of rotatable bonds is 7. The van der Waals surface area contributed by atoms with E-state index in [1.165, 1.54) is 15.9 Å². The van der Waals surface area contributed by atoms with Gasteiger partial charge in [0.1, 0.15) is 28.4 Å². The fourth-order valence-electron chi connectivity index (χ4n) is 3.29. The van der Waals surface area contributed by atoms with Crippen LogP contribution in [0.5, 0.6) is 5.75 Å². The van der Waals surface area contributed by atoms with Crippen LogP contribution in [0.15, 0.2) is 82.5 Å². The van der Waals surface area contributed by atoms with Crippen LogP contribution >= 0.6 is 22.9 Å². The van der Waals surface area contributed by atoms with Gasteiger partial charge in [-0.3, -0.25) is 4.79 Å². The lowest BCUT2D eigenvalue weighted by molar-refractivity contribution is 0.363. The first-order valence-corrected chi connectivity index (χ1v) is 11.6. The fourth-order valence-corrected chi connectivity index (χ4v) is 4.41. The van der Waals surface area contributed by atoms with Crippen LogP contribution < -0.4 is 14.8 Å². The monoisotopic (exact) mass is 487 g/mol. The molecular weight excluding hydrogens is 470 g/mol. The van der Waals surface area contributed by atoms with E-state index in [4.69, 9.17) is 20.8 Å². The molecule has 6 nitrogen and oxygen atoms in total. The molecule has 0 aliphatic heterocycles. The van der Waals surface area contributed by atoms with Gasteiger partial charge in [-0.25, -0.2) is 0 Å². The third-order valence-electron chi connectivity index (χ3n) is 4.91. The quantitative estimate of drug-likeness (QED) is 0.289. The van der Waals surface area contributed by atoms with Crippen molar-refractivity contribution in [3.05, 3.63) is 110 Å². The predicted octanol–water partition coefficient (Wildman–Crippen LogP) is 5.35. The number of hydrogen-bond donors (Lipinski definition) is 0. The number of benzene rings is 2. The van der Waals surface area contributed by atoms with E-state index >= 15 is 0 Å². The summed E-state index contributed by atoms with van der Waals surface area (Å²) in [6.45, 7) is 4.10. The molecule has 0 N–H and O–H groups in total. The van der Waals surface area contributed by atoms with Gasteiger partial charge in [0.15, 0.2) is 5.82 Å². The number of fused-ring (bicyclic) bond motifs is 1. The van der Waals surface area contributed by atoms with Gasteiger partial charge >= 0.3 is 0 Å². The van der Waals surface area contributed by atoms with E-state index in [2.05, 4.69) is 16.7 Å². The fraction of sp³-hybridized carbons (Fsp3) is 0.0385. The summed E-state index contributed by atoms with van der Waals surface area (Å²) in [6, 6.07) is 18.7. The number of furan rings is 1. The van der Waals surface area contributed by atoms with Gasteiger partial charge in [0, 0.05) is 11.6 Å². The van der Waals surface area contributed by atoms with Crippen LogP contribution in [0.4, 0.5) is 0 Å². The molecule has 0 aliphatic carbocycles. The molecule has 0 unspecified atom stereocenters.